The van der Waals surface area contributed by atoms with Crippen LogP contribution in [0, 0.1) is 20.8 Å². The van der Waals surface area contributed by atoms with Gasteiger partial charge in [-0.25, -0.2) is 0 Å². The first-order valence-electron chi connectivity index (χ1n) is 4.24. The second kappa shape index (κ2) is 3.13. The maximum atomic E-state index is 10.7. The maximum Gasteiger partial charge on any atom is 0.152 e. The number of carbonyl (C=O) groups excluding carboxylic acids is 1. The summed E-state index contributed by atoms with van der Waals surface area (Å²) in [7, 11) is 0. The van der Waals surface area contributed by atoms with E-state index in [1.807, 2.05) is 13.8 Å². The molecule has 1 aromatic heterocycles. The predicted octanol–water partition coefficient (Wildman–Crippen LogP) is 2.25. The van der Waals surface area contributed by atoms with Gasteiger partial charge in [0.2, 0.25) is 0 Å². The standard InChI is InChI=1S/C10H15NO/c1-5-11-8(3)7(2)10(6-12)9(11)4/h6H,5H2,1-4H3. The van der Waals surface area contributed by atoms with Gasteiger partial charge in [-0.3, -0.25) is 4.79 Å². The number of nitrogens with zero attached hydrogens (tertiary/aromatic N) is 1. The van der Waals surface area contributed by atoms with Gasteiger partial charge in [0.1, 0.15) is 0 Å². The lowest BCUT2D eigenvalue weighted by atomic mass is 10.1. The first kappa shape index (κ1) is 9.04. The van der Waals surface area contributed by atoms with Crippen LogP contribution < -0.4 is 0 Å². The largest absolute Gasteiger partial charge is 0.348 e. The molecule has 0 bridgehead atoms. The number of rotatable bonds is 2. The zero-order valence-electron chi connectivity index (χ0n) is 8.14. The van der Waals surface area contributed by atoms with Gasteiger partial charge in [0.05, 0.1) is 0 Å². The summed E-state index contributed by atoms with van der Waals surface area (Å²) in [5.74, 6) is 0. The zero-order valence-corrected chi connectivity index (χ0v) is 8.14. The summed E-state index contributed by atoms with van der Waals surface area (Å²) < 4.78 is 2.17. The highest BCUT2D eigenvalue weighted by Gasteiger charge is 2.11. The van der Waals surface area contributed by atoms with E-state index in [0.717, 1.165) is 29.7 Å². The van der Waals surface area contributed by atoms with Crippen LogP contribution in [0.15, 0.2) is 0 Å². The zero-order chi connectivity index (χ0) is 9.30. The molecule has 12 heavy (non-hydrogen) atoms. The van der Waals surface area contributed by atoms with Crippen molar-refractivity contribution in [3.8, 4) is 0 Å². The van der Waals surface area contributed by atoms with E-state index in [2.05, 4.69) is 18.4 Å². The molecule has 0 radical (unpaired) electrons. The molecule has 66 valence electrons. The van der Waals surface area contributed by atoms with Gasteiger partial charge in [0.25, 0.3) is 0 Å². The Balaban J connectivity index is 3.42. The van der Waals surface area contributed by atoms with Gasteiger partial charge in [0, 0.05) is 23.5 Å². The van der Waals surface area contributed by atoms with E-state index in [1.165, 1.54) is 5.69 Å². The molecule has 1 rings (SSSR count). The van der Waals surface area contributed by atoms with Crippen LogP contribution in [-0.2, 0) is 6.54 Å². The lowest BCUT2D eigenvalue weighted by molar-refractivity contribution is 0.112. The Morgan fingerprint density at radius 3 is 2.08 bits per heavy atom. The minimum atomic E-state index is 0.856. The van der Waals surface area contributed by atoms with E-state index >= 15 is 0 Å². The molecule has 1 heterocycles. The molecule has 0 aliphatic heterocycles. The Morgan fingerprint density at radius 2 is 1.83 bits per heavy atom. The first-order chi connectivity index (χ1) is 5.63. The van der Waals surface area contributed by atoms with Gasteiger partial charge in [0.15, 0.2) is 6.29 Å². The number of aldehydes is 1. The third kappa shape index (κ3) is 1.07. The van der Waals surface area contributed by atoms with Crippen LogP contribution in [0.1, 0.15) is 34.2 Å². The van der Waals surface area contributed by atoms with Crippen molar-refractivity contribution in [2.24, 2.45) is 0 Å². The summed E-state index contributed by atoms with van der Waals surface area (Å²) in [4.78, 5) is 10.7. The Morgan fingerprint density at radius 1 is 1.25 bits per heavy atom. The second-order valence-electron chi connectivity index (χ2n) is 3.07. The fourth-order valence-corrected chi connectivity index (χ4v) is 1.71. The van der Waals surface area contributed by atoms with Crippen LogP contribution in [0.2, 0.25) is 0 Å². The summed E-state index contributed by atoms with van der Waals surface area (Å²) in [5.41, 5.74) is 4.26. The smallest absolute Gasteiger partial charge is 0.152 e. The molecule has 0 spiro atoms. The van der Waals surface area contributed by atoms with Crippen LogP contribution in [0.4, 0.5) is 0 Å². The fraction of sp³-hybridized carbons (Fsp3) is 0.500. The molecular formula is C10H15NO. The minimum absolute atomic E-state index is 0.856. The molecule has 0 aliphatic rings. The summed E-state index contributed by atoms with van der Waals surface area (Å²) in [5, 5.41) is 0. The van der Waals surface area contributed by atoms with E-state index in [4.69, 9.17) is 0 Å². The van der Waals surface area contributed by atoms with Gasteiger partial charge in [-0.15, -0.1) is 0 Å². The van der Waals surface area contributed by atoms with Crippen molar-refractivity contribution in [3.05, 3.63) is 22.5 Å². The number of aromatic nitrogens is 1. The van der Waals surface area contributed by atoms with Crippen molar-refractivity contribution in [2.45, 2.75) is 34.2 Å². The molecule has 0 atom stereocenters. The van der Waals surface area contributed by atoms with Gasteiger partial charge >= 0.3 is 0 Å². The van der Waals surface area contributed by atoms with E-state index in [-0.39, 0.29) is 0 Å². The Labute approximate surface area is 73.2 Å². The van der Waals surface area contributed by atoms with Crippen LogP contribution in [0.5, 0.6) is 0 Å². The highest BCUT2D eigenvalue weighted by molar-refractivity contribution is 5.79. The molecule has 0 saturated heterocycles. The lowest BCUT2D eigenvalue weighted by Crippen LogP contribution is -1.99. The average Bonchev–Trinajstić information content (AvgIpc) is 2.25. The van der Waals surface area contributed by atoms with Crippen molar-refractivity contribution in [2.75, 3.05) is 0 Å². The fourth-order valence-electron chi connectivity index (χ4n) is 1.71. The van der Waals surface area contributed by atoms with Crippen molar-refractivity contribution in [1.29, 1.82) is 0 Å². The highest BCUT2D eigenvalue weighted by atomic mass is 16.1. The predicted molar refractivity (Wildman–Crippen MR) is 49.7 cm³/mol. The SMILES string of the molecule is CCn1c(C)c(C)c(C=O)c1C. The van der Waals surface area contributed by atoms with Gasteiger partial charge < -0.3 is 4.57 Å². The third-order valence-corrected chi connectivity index (χ3v) is 2.58. The van der Waals surface area contributed by atoms with E-state index < -0.39 is 0 Å². The topological polar surface area (TPSA) is 22.0 Å². The molecule has 0 aromatic carbocycles. The molecule has 2 heteroatoms. The quantitative estimate of drug-likeness (QED) is 0.616. The summed E-state index contributed by atoms with van der Waals surface area (Å²) in [6.07, 6.45) is 0.948. The maximum absolute atomic E-state index is 10.7. The van der Waals surface area contributed by atoms with Gasteiger partial charge in [-0.05, 0) is 33.3 Å². The summed E-state index contributed by atoms with van der Waals surface area (Å²) in [6.45, 7) is 9.07. The van der Waals surface area contributed by atoms with Crippen LogP contribution in [0.3, 0.4) is 0 Å². The normalized spacial score (nSPS) is 10.3. The van der Waals surface area contributed by atoms with Crippen molar-refractivity contribution < 1.29 is 4.79 Å². The van der Waals surface area contributed by atoms with Gasteiger partial charge in [-0.2, -0.15) is 0 Å². The monoisotopic (exact) mass is 165 g/mol. The molecule has 0 unspecified atom stereocenters. The average molecular weight is 165 g/mol. The second-order valence-corrected chi connectivity index (χ2v) is 3.07. The Kier molecular flexibility index (Phi) is 2.36. The molecule has 1 aromatic rings. The van der Waals surface area contributed by atoms with Crippen LogP contribution >= 0.6 is 0 Å². The van der Waals surface area contributed by atoms with Gasteiger partial charge in [-0.1, -0.05) is 0 Å². The molecule has 0 saturated carbocycles. The number of hydrogen-bond donors (Lipinski definition) is 0. The molecule has 0 aliphatic carbocycles. The Hall–Kier alpha value is -1.05. The van der Waals surface area contributed by atoms with E-state index in [0.29, 0.717) is 0 Å². The summed E-state index contributed by atoms with van der Waals surface area (Å²) >= 11 is 0. The van der Waals surface area contributed by atoms with Crippen molar-refractivity contribution in [3.63, 3.8) is 0 Å². The van der Waals surface area contributed by atoms with E-state index in [9.17, 15) is 4.79 Å². The molecule has 0 amide bonds. The van der Waals surface area contributed by atoms with E-state index in [1.54, 1.807) is 0 Å². The third-order valence-electron chi connectivity index (χ3n) is 2.58. The molecule has 0 fully saturated rings. The molecule has 2 nitrogen and oxygen atoms in total. The van der Waals surface area contributed by atoms with Crippen molar-refractivity contribution >= 4 is 6.29 Å². The molecular weight excluding hydrogens is 150 g/mol. The lowest BCUT2D eigenvalue weighted by Gasteiger charge is -2.04. The highest BCUT2D eigenvalue weighted by Crippen LogP contribution is 2.19. The minimum Gasteiger partial charge on any atom is -0.348 e. The molecule has 0 N–H and O–H groups in total. The van der Waals surface area contributed by atoms with Crippen LogP contribution in [0.25, 0.3) is 0 Å². The number of carbonyl (C=O) groups is 1. The number of hydrogen-bond acceptors (Lipinski definition) is 1. The summed E-state index contributed by atoms with van der Waals surface area (Å²) in [6, 6.07) is 0. The first-order valence-corrected chi connectivity index (χ1v) is 4.24. The van der Waals surface area contributed by atoms with Crippen LogP contribution in [-0.4, -0.2) is 10.9 Å². The Bertz CT molecular complexity index is 310. The van der Waals surface area contributed by atoms with Crippen molar-refractivity contribution in [1.82, 2.24) is 4.57 Å².